The van der Waals surface area contributed by atoms with Crippen molar-refractivity contribution in [2.45, 2.75) is 75.7 Å². The van der Waals surface area contributed by atoms with Crippen LogP contribution in [0, 0.1) is 0 Å². The predicted octanol–water partition coefficient (Wildman–Crippen LogP) is 5.03. The minimum atomic E-state index is -4.90. The van der Waals surface area contributed by atoms with Gasteiger partial charge in [0.25, 0.3) is 6.43 Å². The number of ether oxygens (including phenoxy) is 2. The van der Waals surface area contributed by atoms with Crippen molar-refractivity contribution in [3.05, 3.63) is 35.4 Å². The number of halogens is 6. The van der Waals surface area contributed by atoms with Crippen molar-refractivity contribution in [3.63, 3.8) is 0 Å². The van der Waals surface area contributed by atoms with Crippen LogP contribution >= 0.6 is 0 Å². The Morgan fingerprint density at radius 1 is 1.29 bits per heavy atom. The number of H-pyrrole nitrogens is 1. The first-order valence-electron chi connectivity index (χ1n) is 11.7. The quantitative estimate of drug-likeness (QED) is 0.339. The average molecular weight is 547 g/mol. The Bertz CT molecular complexity index is 1320. The number of rotatable bonds is 8. The lowest BCUT2D eigenvalue weighted by Crippen LogP contribution is -2.38. The van der Waals surface area contributed by atoms with Crippen molar-refractivity contribution in [1.82, 2.24) is 30.1 Å². The Kier molecular flexibility index (Phi) is 6.61. The van der Waals surface area contributed by atoms with Crippen molar-refractivity contribution in [3.8, 4) is 0 Å². The number of anilines is 2. The molecular weight excluding hydrogens is 524 g/mol. The van der Waals surface area contributed by atoms with E-state index in [2.05, 4.69) is 35.7 Å². The van der Waals surface area contributed by atoms with Crippen LogP contribution in [0.2, 0.25) is 0 Å². The summed E-state index contributed by atoms with van der Waals surface area (Å²) in [6.45, 7) is 0.944. The molecule has 1 amide bonds. The van der Waals surface area contributed by atoms with Crippen LogP contribution in [0.4, 0.5) is 42.8 Å². The molecule has 3 N–H and O–H groups in total. The molecule has 2 aliphatic rings. The van der Waals surface area contributed by atoms with Crippen molar-refractivity contribution in [2.24, 2.45) is 0 Å². The molecule has 206 valence electrons. The van der Waals surface area contributed by atoms with E-state index in [9.17, 15) is 26.7 Å². The SMILES string of the molecule is CC1(NC(=O)O[C@@H]2CC[C@H](c3cc(Nc4nc(C(F)F)cn5nc(COC(F)(F)F)cc45)n[nH]3)[C@@H]2F)CC1. The van der Waals surface area contributed by atoms with Gasteiger partial charge in [0.15, 0.2) is 11.6 Å². The summed E-state index contributed by atoms with van der Waals surface area (Å²) in [6.07, 6.45) is -7.76. The van der Waals surface area contributed by atoms with Gasteiger partial charge in [0.2, 0.25) is 0 Å². The molecule has 0 aromatic carbocycles. The number of nitrogens with zero attached hydrogens (tertiary/aromatic N) is 4. The maximum absolute atomic E-state index is 15.1. The number of alkyl halides is 6. The number of carbonyl (C=O) groups excluding carboxylic acids is 1. The van der Waals surface area contributed by atoms with E-state index in [0.29, 0.717) is 18.5 Å². The molecule has 38 heavy (non-hydrogen) atoms. The van der Waals surface area contributed by atoms with Crippen molar-refractivity contribution in [2.75, 3.05) is 5.32 Å². The molecule has 3 aromatic rings. The second-order valence-corrected chi connectivity index (χ2v) is 9.61. The Hall–Kier alpha value is -3.56. The number of hydrogen-bond acceptors (Lipinski definition) is 7. The van der Waals surface area contributed by atoms with Gasteiger partial charge in [0.05, 0.1) is 11.9 Å². The van der Waals surface area contributed by atoms with Crippen LogP contribution in [0.15, 0.2) is 18.3 Å². The molecule has 3 atom stereocenters. The molecule has 3 aromatic heterocycles. The molecule has 10 nitrogen and oxygen atoms in total. The highest BCUT2D eigenvalue weighted by molar-refractivity contribution is 5.72. The molecule has 0 saturated heterocycles. The van der Waals surface area contributed by atoms with E-state index in [4.69, 9.17) is 4.74 Å². The van der Waals surface area contributed by atoms with Gasteiger partial charge in [-0.1, -0.05) is 0 Å². The zero-order valence-electron chi connectivity index (χ0n) is 19.9. The molecule has 2 saturated carbocycles. The number of fused-ring (bicyclic) bond motifs is 1. The summed E-state index contributed by atoms with van der Waals surface area (Å²) in [5.41, 5.74) is -0.672. The van der Waals surface area contributed by atoms with E-state index < -0.39 is 49.4 Å². The van der Waals surface area contributed by atoms with E-state index in [1.165, 1.54) is 12.1 Å². The molecule has 16 heteroatoms. The molecule has 2 fully saturated rings. The van der Waals surface area contributed by atoms with Gasteiger partial charge in [-0.05, 0) is 38.7 Å². The van der Waals surface area contributed by atoms with Crippen LogP contribution in [0.5, 0.6) is 0 Å². The van der Waals surface area contributed by atoms with E-state index in [0.717, 1.165) is 23.6 Å². The first-order chi connectivity index (χ1) is 17.9. The minimum absolute atomic E-state index is 0.0905. The Labute approximate surface area is 211 Å². The third-order valence-corrected chi connectivity index (χ3v) is 6.54. The van der Waals surface area contributed by atoms with Crippen LogP contribution in [0.25, 0.3) is 5.52 Å². The van der Waals surface area contributed by atoms with E-state index in [-0.39, 0.29) is 28.4 Å². The van der Waals surface area contributed by atoms with Crippen LogP contribution in [0.3, 0.4) is 0 Å². The summed E-state index contributed by atoms with van der Waals surface area (Å²) in [4.78, 5) is 15.9. The number of alkyl carbamates (subject to hydrolysis) is 1. The van der Waals surface area contributed by atoms with Crippen molar-refractivity contribution < 1.29 is 40.6 Å². The fourth-order valence-corrected chi connectivity index (χ4v) is 4.29. The number of hydrogen-bond donors (Lipinski definition) is 3. The Morgan fingerprint density at radius 2 is 2.05 bits per heavy atom. The van der Waals surface area contributed by atoms with Crippen molar-refractivity contribution in [1.29, 1.82) is 0 Å². The predicted molar refractivity (Wildman–Crippen MR) is 119 cm³/mol. The second-order valence-electron chi connectivity index (χ2n) is 9.61. The Morgan fingerprint density at radius 3 is 2.74 bits per heavy atom. The first kappa shape index (κ1) is 26.1. The minimum Gasteiger partial charge on any atom is -0.443 e. The zero-order valence-corrected chi connectivity index (χ0v) is 19.9. The van der Waals surface area contributed by atoms with E-state index in [1.54, 1.807) is 0 Å². The lowest BCUT2D eigenvalue weighted by atomic mass is 10.0. The molecule has 0 bridgehead atoms. The zero-order chi connectivity index (χ0) is 27.2. The van der Waals surface area contributed by atoms with Gasteiger partial charge in [-0.2, -0.15) is 10.2 Å². The van der Waals surface area contributed by atoms with Gasteiger partial charge < -0.3 is 15.4 Å². The topological polar surface area (TPSA) is 118 Å². The lowest BCUT2D eigenvalue weighted by molar-refractivity contribution is -0.330. The third kappa shape index (κ3) is 5.79. The van der Waals surface area contributed by atoms with Gasteiger partial charge in [0.1, 0.15) is 30.1 Å². The molecular formula is C22H23F6N7O3. The highest BCUT2D eigenvalue weighted by Gasteiger charge is 2.43. The third-order valence-electron chi connectivity index (χ3n) is 6.54. The normalized spacial score (nSPS) is 22.7. The standard InChI is InChI=1S/C22H23F6N7O3/c1-21(4-5-21)31-20(36)38-15-3-2-11(17(15)23)12-7-16(33-32-12)30-19-14-6-10(9-37-22(26,27)28)34-35(14)8-13(29-19)18(24)25/h6-8,11,15,17-18H,2-5,9H2,1H3,(H,31,36)(H2,29,30,32,33)/t11-,15-,17+/m1/s1. The van der Waals surface area contributed by atoms with Gasteiger partial charge in [0, 0.05) is 23.2 Å². The van der Waals surface area contributed by atoms with Gasteiger partial charge >= 0.3 is 12.5 Å². The summed E-state index contributed by atoms with van der Waals surface area (Å²) < 4.78 is 89.1. The van der Waals surface area contributed by atoms with Crippen LogP contribution in [0.1, 0.15) is 62.0 Å². The molecule has 0 unspecified atom stereocenters. The molecule has 3 heterocycles. The molecule has 0 spiro atoms. The van der Waals surface area contributed by atoms with Crippen molar-refractivity contribution >= 4 is 23.2 Å². The fourth-order valence-electron chi connectivity index (χ4n) is 4.29. The van der Waals surface area contributed by atoms with Gasteiger partial charge in [-0.3, -0.25) is 9.84 Å². The summed E-state index contributed by atoms with van der Waals surface area (Å²) in [5, 5.41) is 16.0. The number of aromatic nitrogens is 5. The number of aromatic amines is 1. The average Bonchev–Trinajstić information content (AvgIpc) is 3.19. The number of amides is 1. The smallest absolute Gasteiger partial charge is 0.443 e. The fraction of sp³-hybridized carbons (Fsp3) is 0.545. The maximum Gasteiger partial charge on any atom is 0.522 e. The first-order valence-corrected chi connectivity index (χ1v) is 11.7. The Balaban J connectivity index is 1.30. The highest BCUT2D eigenvalue weighted by Crippen LogP contribution is 2.39. The summed E-state index contributed by atoms with van der Waals surface area (Å²) in [7, 11) is 0. The maximum atomic E-state index is 15.1. The molecule has 5 rings (SSSR count). The highest BCUT2D eigenvalue weighted by atomic mass is 19.4. The van der Waals surface area contributed by atoms with Crippen LogP contribution in [-0.2, 0) is 16.1 Å². The summed E-state index contributed by atoms with van der Waals surface area (Å²) in [6, 6.07) is 2.66. The van der Waals surface area contributed by atoms with Crippen LogP contribution < -0.4 is 10.6 Å². The molecule has 2 aliphatic carbocycles. The second kappa shape index (κ2) is 9.63. The summed E-state index contributed by atoms with van der Waals surface area (Å²) in [5.74, 6) is -0.707. The van der Waals surface area contributed by atoms with E-state index in [1.807, 2.05) is 6.92 Å². The number of carbonyl (C=O) groups is 1. The molecule has 0 radical (unpaired) electrons. The lowest BCUT2D eigenvalue weighted by Gasteiger charge is -2.19. The largest absolute Gasteiger partial charge is 0.522 e. The molecule has 0 aliphatic heterocycles. The number of nitrogens with one attached hydrogen (secondary N) is 3. The monoisotopic (exact) mass is 547 g/mol. The van der Waals surface area contributed by atoms with Gasteiger partial charge in [-0.25, -0.2) is 27.5 Å². The summed E-state index contributed by atoms with van der Waals surface area (Å²) >= 11 is 0. The van der Waals surface area contributed by atoms with E-state index >= 15 is 4.39 Å². The van der Waals surface area contributed by atoms with Gasteiger partial charge in [-0.15, -0.1) is 13.2 Å². The van der Waals surface area contributed by atoms with Crippen LogP contribution in [-0.4, -0.2) is 55.1 Å².